The Labute approximate surface area is 290 Å². The maximum Gasteiger partial charge on any atom is 0.261 e. The minimum Gasteiger partial charge on any atom is -0.484 e. The average molecular weight is 700 g/mol. The quantitative estimate of drug-likeness (QED) is 0.127. The summed E-state index contributed by atoms with van der Waals surface area (Å²) in [4.78, 5) is 29.2. The standard InChI is InChI=1S/C38H35ClFN3O5S/c39-31-13-11-30(12-14-31)26-43(36(25-29-9-5-2-6-10-29)38(45)41-24-23-28-7-3-1-4-8-28)37(44)27-48-34-19-21-35(22-20-34)49(46,47)42-33-17-15-32(40)16-18-33/h1-22,36,42H,23-27H2,(H,41,45)/t36-/m0/s1. The molecule has 0 heterocycles. The molecule has 0 fully saturated rings. The van der Waals surface area contributed by atoms with Crippen LogP contribution in [-0.4, -0.2) is 44.3 Å². The van der Waals surface area contributed by atoms with Crippen LogP contribution in [0.2, 0.25) is 5.02 Å². The van der Waals surface area contributed by atoms with E-state index < -0.39 is 34.4 Å². The number of halogens is 2. The summed E-state index contributed by atoms with van der Waals surface area (Å²) in [6.07, 6.45) is 0.898. The summed E-state index contributed by atoms with van der Waals surface area (Å²) in [5.74, 6) is -0.970. The van der Waals surface area contributed by atoms with Crippen LogP contribution < -0.4 is 14.8 Å². The van der Waals surface area contributed by atoms with Gasteiger partial charge in [0.1, 0.15) is 17.6 Å². The van der Waals surface area contributed by atoms with Gasteiger partial charge in [0.05, 0.1) is 4.90 Å². The van der Waals surface area contributed by atoms with Crippen LogP contribution in [0.25, 0.3) is 0 Å². The van der Waals surface area contributed by atoms with E-state index in [0.29, 0.717) is 18.0 Å². The second-order valence-corrected chi connectivity index (χ2v) is 13.4. The molecular formula is C38H35ClFN3O5S. The van der Waals surface area contributed by atoms with Gasteiger partial charge < -0.3 is 15.0 Å². The van der Waals surface area contributed by atoms with Crippen LogP contribution in [0.1, 0.15) is 16.7 Å². The number of carbonyl (C=O) groups is 2. The Balaban J connectivity index is 1.33. The molecule has 0 saturated heterocycles. The van der Waals surface area contributed by atoms with E-state index in [1.165, 1.54) is 41.3 Å². The zero-order valence-corrected chi connectivity index (χ0v) is 28.0. The molecule has 0 aromatic heterocycles. The topological polar surface area (TPSA) is 105 Å². The highest BCUT2D eigenvalue weighted by molar-refractivity contribution is 7.92. The molecule has 5 aromatic rings. The average Bonchev–Trinajstić information content (AvgIpc) is 3.11. The van der Waals surface area contributed by atoms with Gasteiger partial charge in [0.15, 0.2) is 6.61 Å². The van der Waals surface area contributed by atoms with Gasteiger partial charge in [-0.15, -0.1) is 0 Å². The van der Waals surface area contributed by atoms with Crippen molar-refractivity contribution >= 4 is 39.1 Å². The van der Waals surface area contributed by atoms with Crippen LogP contribution in [-0.2, 0) is 39.0 Å². The molecule has 0 spiro atoms. The van der Waals surface area contributed by atoms with Crippen molar-refractivity contribution in [1.82, 2.24) is 10.2 Å². The number of hydrogen-bond acceptors (Lipinski definition) is 5. The molecule has 0 aliphatic rings. The van der Waals surface area contributed by atoms with E-state index in [1.54, 1.807) is 24.3 Å². The molecule has 5 rings (SSSR count). The lowest BCUT2D eigenvalue weighted by Crippen LogP contribution is -2.52. The van der Waals surface area contributed by atoms with Crippen LogP contribution >= 0.6 is 11.6 Å². The van der Waals surface area contributed by atoms with E-state index >= 15 is 0 Å². The third-order valence-electron chi connectivity index (χ3n) is 7.69. The van der Waals surface area contributed by atoms with Crippen LogP contribution in [0.15, 0.2) is 138 Å². The Morgan fingerprint density at radius 3 is 2.00 bits per heavy atom. The third kappa shape index (κ3) is 10.4. The fourth-order valence-electron chi connectivity index (χ4n) is 5.11. The van der Waals surface area contributed by atoms with E-state index in [9.17, 15) is 22.4 Å². The van der Waals surface area contributed by atoms with Gasteiger partial charge in [-0.25, -0.2) is 12.8 Å². The van der Waals surface area contributed by atoms with Crippen molar-refractivity contribution < 1.29 is 27.1 Å². The highest BCUT2D eigenvalue weighted by Crippen LogP contribution is 2.21. The van der Waals surface area contributed by atoms with Crippen molar-refractivity contribution in [3.8, 4) is 5.75 Å². The molecule has 0 aliphatic carbocycles. The Kier molecular flexibility index (Phi) is 12.0. The predicted octanol–water partition coefficient (Wildman–Crippen LogP) is 6.66. The maximum atomic E-state index is 13.9. The van der Waals surface area contributed by atoms with Crippen LogP contribution in [0.5, 0.6) is 5.75 Å². The first-order chi connectivity index (χ1) is 23.7. The number of nitrogens with one attached hydrogen (secondary N) is 2. The third-order valence-corrected chi connectivity index (χ3v) is 9.33. The number of amides is 2. The first kappa shape index (κ1) is 35.1. The van der Waals surface area contributed by atoms with Crippen molar-refractivity contribution in [2.75, 3.05) is 17.9 Å². The molecule has 0 unspecified atom stereocenters. The molecule has 0 aliphatic heterocycles. The van der Waals surface area contributed by atoms with Gasteiger partial charge in [0.25, 0.3) is 15.9 Å². The lowest BCUT2D eigenvalue weighted by Gasteiger charge is -2.31. The Morgan fingerprint density at radius 1 is 0.755 bits per heavy atom. The van der Waals surface area contributed by atoms with Gasteiger partial charge in [-0.3, -0.25) is 14.3 Å². The lowest BCUT2D eigenvalue weighted by molar-refractivity contribution is -0.142. The molecule has 2 N–H and O–H groups in total. The number of anilines is 1. The summed E-state index contributed by atoms with van der Waals surface area (Å²) in [5.41, 5.74) is 2.94. The Hall–Kier alpha value is -5.19. The largest absolute Gasteiger partial charge is 0.484 e. The molecule has 252 valence electrons. The monoisotopic (exact) mass is 699 g/mol. The highest BCUT2D eigenvalue weighted by Gasteiger charge is 2.30. The number of sulfonamides is 1. The minimum atomic E-state index is -3.96. The number of benzene rings is 5. The minimum absolute atomic E-state index is 0.0463. The number of carbonyl (C=O) groups excluding carboxylic acids is 2. The lowest BCUT2D eigenvalue weighted by atomic mass is 10.0. The van der Waals surface area contributed by atoms with Crippen molar-refractivity contribution in [2.45, 2.75) is 30.3 Å². The second-order valence-electron chi connectivity index (χ2n) is 11.3. The molecule has 49 heavy (non-hydrogen) atoms. The van der Waals surface area contributed by atoms with Gasteiger partial charge >= 0.3 is 0 Å². The van der Waals surface area contributed by atoms with E-state index in [4.69, 9.17) is 16.3 Å². The maximum absolute atomic E-state index is 13.9. The summed E-state index contributed by atoms with van der Waals surface area (Å²) in [6.45, 7) is 0.101. The van der Waals surface area contributed by atoms with E-state index in [0.717, 1.165) is 28.8 Å². The molecule has 5 aromatic carbocycles. The molecular weight excluding hydrogens is 665 g/mol. The first-order valence-electron chi connectivity index (χ1n) is 15.6. The van der Waals surface area contributed by atoms with Crippen molar-refractivity contribution in [2.24, 2.45) is 0 Å². The molecule has 11 heteroatoms. The number of ether oxygens (including phenoxy) is 1. The molecule has 8 nitrogen and oxygen atoms in total. The van der Waals surface area contributed by atoms with Crippen molar-refractivity contribution in [3.05, 3.63) is 161 Å². The fourth-order valence-corrected chi connectivity index (χ4v) is 6.29. The number of nitrogens with zero attached hydrogens (tertiary/aromatic N) is 1. The fraction of sp³-hybridized carbons (Fsp3) is 0.158. The SMILES string of the molecule is O=C(NCCc1ccccc1)[C@H](Cc1ccccc1)N(Cc1ccc(Cl)cc1)C(=O)COc1ccc(S(=O)(=O)Nc2ccc(F)cc2)cc1. The summed E-state index contributed by atoms with van der Waals surface area (Å²) in [7, 11) is -3.96. The zero-order valence-electron chi connectivity index (χ0n) is 26.5. The second kappa shape index (κ2) is 16.8. The van der Waals surface area contributed by atoms with Crippen molar-refractivity contribution in [1.29, 1.82) is 0 Å². The normalized spacial score (nSPS) is 11.7. The summed E-state index contributed by atoms with van der Waals surface area (Å²) in [5, 5.41) is 3.56. The van der Waals surface area contributed by atoms with Gasteiger partial charge in [-0.05, 0) is 83.8 Å². The Bertz CT molecular complexity index is 1930. The van der Waals surface area contributed by atoms with Crippen LogP contribution in [0.4, 0.5) is 10.1 Å². The van der Waals surface area contributed by atoms with Gasteiger partial charge in [-0.2, -0.15) is 0 Å². The van der Waals surface area contributed by atoms with E-state index in [-0.39, 0.29) is 35.2 Å². The van der Waals surface area contributed by atoms with E-state index in [2.05, 4.69) is 10.0 Å². The summed E-state index contributed by atoms with van der Waals surface area (Å²) < 4.78 is 47.1. The molecule has 0 radical (unpaired) electrons. The smallest absolute Gasteiger partial charge is 0.261 e. The van der Waals surface area contributed by atoms with E-state index in [1.807, 2.05) is 60.7 Å². The molecule has 1 atom stereocenters. The van der Waals surface area contributed by atoms with Gasteiger partial charge in [-0.1, -0.05) is 84.4 Å². The zero-order chi connectivity index (χ0) is 34.6. The summed E-state index contributed by atoms with van der Waals surface area (Å²) >= 11 is 6.12. The highest BCUT2D eigenvalue weighted by atomic mass is 35.5. The molecule has 2 amide bonds. The van der Waals surface area contributed by atoms with Crippen molar-refractivity contribution in [3.63, 3.8) is 0 Å². The number of rotatable bonds is 15. The van der Waals surface area contributed by atoms with Crippen LogP contribution in [0, 0.1) is 5.82 Å². The first-order valence-corrected chi connectivity index (χ1v) is 17.4. The molecule has 0 saturated carbocycles. The predicted molar refractivity (Wildman–Crippen MR) is 188 cm³/mol. The van der Waals surface area contributed by atoms with Gasteiger partial charge in [0.2, 0.25) is 5.91 Å². The molecule has 0 bridgehead atoms. The summed E-state index contributed by atoms with van der Waals surface area (Å²) in [6, 6.07) is 36.0. The van der Waals surface area contributed by atoms with Crippen LogP contribution in [0.3, 0.4) is 0 Å². The Morgan fingerprint density at radius 2 is 1.37 bits per heavy atom. The van der Waals surface area contributed by atoms with Gasteiger partial charge in [0, 0.05) is 30.2 Å². The number of hydrogen-bond donors (Lipinski definition) is 2.